The molecule has 66 valence electrons. The molecule has 0 N–H and O–H groups in total. The van der Waals surface area contributed by atoms with Gasteiger partial charge in [0.05, 0.1) is 0 Å². The van der Waals surface area contributed by atoms with E-state index in [1.165, 1.54) is 6.08 Å². The van der Waals surface area contributed by atoms with Crippen LogP contribution in [0.25, 0.3) is 0 Å². The molecule has 11 heavy (non-hydrogen) atoms. The Morgan fingerprint density at radius 2 is 1.73 bits per heavy atom. The molecule has 4 heteroatoms. The predicted octanol–water partition coefficient (Wildman–Crippen LogP) is 2.89. The van der Waals surface area contributed by atoms with Gasteiger partial charge in [0.1, 0.15) is 6.17 Å². The zero-order valence-electron chi connectivity index (χ0n) is 5.94. The average molecular weight is 170 g/mol. The van der Waals surface area contributed by atoms with E-state index in [2.05, 4.69) is 6.58 Å². The fourth-order valence-electron chi connectivity index (χ4n) is 0.624. The van der Waals surface area contributed by atoms with Gasteiger partial charge >= 0.3 is 0 Å². The van der Waals surface area contributed by atoms with Gasteiger partial charge in [0.15, 0.2) is 6.17 Å². The van der Waals surface area contributed by atoms with E-state index in [-0.39, 0.29) is 6.42 Å². The van der Waals surface area contributed by atoms with Crippen molar-refractivity contribution in [3.63, 3.8) is 0 Å². The van der Waals surface area contributed by atoms with Crippen molar-refractivity contribution in [1.82, 2.24) is 0 Å². The standard InChI is InChI=1S/C7H10F4/c1-2-3-5(8)4-6(9)7(10)11/h2,5-7H,1,3-4H2. The van der Waals surface area contributed by atoms with Gasteiger partial charge in [-0.2, -0.15) is 0 Å². The third kappa shape index (κ3) is 4.81. The molecule has 0 aromatic heterocycles. The van der Waals surface area contributed by atoms with Crippen molar-refractivity contribution in [2.45, 2.75) is 31.6 Å². The highest BCUT2D eigenvalue weighted by molar-refractivity contribution is 4.75. The lowest BCUT2D eigenvalue weighted by Gasteiger charge is -2.08. The Bertz CT molecular complexity index is 113. The molecule has 0 aliphatic heterocycles. The van der Waals surface area contributed by atoms with Crippen molar-refractivity contribution >= 4 is 0 Å². The molecule has 0 fully saturated rings. The van der Waals surface area contributed by atoms with Gasteiger partial charge in [0, 0.05) is 6.42 Å². The molecule has 0 nitrogen and oxygen atoms in total. The molecule has 2 unspecified atom stereocenters. The van der Waals surface area contributed by atoms with Gasteiger partial charge in [-0.05, 0) is 6.42 Å². The molecule has 0 aliphatic rings. The van der Waals surface area contributed by atoms with Gasteiger partial charge in [0.2, 0.25) is 0 Å². The van der Waals surface area contributed by atoms with Gasteiger partial charge in [0.25, 0.3) is 6.43 Å². The summed E-state index contributed by atoms with van der Waals surface area (Å²) in [5.74, 6) is 0. The van der Waals surface area contributed by atoms with Crippen LogP contribution in [0.3, 0.4) is 0 Å². The van der Waals surface area contributed by atoms with Crippen molar-refractivity contribution in [2.24, 2.45) is 0 Å². The summed E-state index contributed by atoms with van der Waals surface area (Å²) in [5.41, 5.74) is 0. The maximum Gasteiger partial charge on any atom is 0.269 e. The first-order valence-electron chi connectivity index (χ1n) is 3.25. The van der Waals surface area contributed by atoms with Crippen LogP contribution < -0.4 is 0 Å². The fourth-order valence-corrected chi connectivity index (χ4v) is 0.624. The quantitative estimate of drug-likeness (QED) is 0.439. The van der Waals surface area contributed by atoms with E-state index in [4.69, 9.17) is 0 Å². The molecule has 0 amide bonds. The first-order valence-corrected chi connectivity index (χ1v) is 3.25. The third-order valence-electron chi connectivity index (χ3n) is 1.18. The van der Waals surface area contributed by atoms with E-state index in [0.29, 0.717) is 0 Å². The van der Waals surface area contributed by atoms with Crippen molar-refractivity contribution in [2.75, 3.05) is 0 Å². The Hall–Kier alpha value is -0.540. The maximum atomic E-state index is 12.4. The van der Waals surface area contributed by atoms with Gasteiger partial charge < -0.3 is 0 Å². The number of alkyl halides is 4. The molecular weight excluding hydrogens is 160 g/mol. The summed E-state index contributed by atoms with van der Waals surface area (Å²) >= 11 is 0. The molecule has 0 aromatic carbocycles. The van der Waals surface area contributed by atoms with Gasteiger partial charge in [-0.1, -0.05) is 6.08 Å². The smallest absolute Gasteiger partial charge is 0.247 e. The molecule has 0 saturated carbocycles. The Kier molecular flexibility index (Phi) is 4.90. The van der Waals surface area contributed by atoms with Gasteiger partial charge in [-0.25, -0.2) is 17.6 Å². The summed E-state index contributed by atoms with van der Waals surface area (Å²) in [7, 11) is 0. The summed E-state index contributed by atoms with van der Waals surface area (Å²) in [6.45, 7) is 3.20. The number of rotatable bonds is 5. The lowest BCUT2D eigenvalue weighted by atomic mass is 10.1. The van der Waals surface area contributed by atoms with Gasteiger partial charge in [-0.15, -0.1) is 6.58 Å². The minimum atomic E-state index is -3.09. The predicted molar refractivity (Wildman–Crippen MR) is 35.2 cm³/mol. The maximum absolute atomic E-state index is 12.4. The zero-order chi connectivity index (χ0) is 8.85. The van der Waals surface area contributed by atoms with Crippen LogP contribution in [0.2, 0.25) is 0 Å². The average Bonchev–Trinajstić information content (AvgIpc) is 1.87. The second-order valence-corrected chi connectivity index (χ2v) is 2.21. The highest BCUT2D eigenvalue weighted by atomic mass is 19.3. The molecule has 0 aromatic rings. The normalized spacial score (nSPS) is 16.5. The fraction of sp³-hybridized carbons (Fsp3) is 0.714. The van der Waals surface area contributed by atoms with Crippen LogP contribution >= 0.6 is 0 Å². The summed E-state index contributed by atoms with van der Waals surface area (Å²) in [6.07, 6.45) is -6.57. The number of hydrogen-bond donors (Lipinski definition) is 0. The van der Waals surface area contributed by atoms with Crippen molar-refractivity contribution in [3.05, 3.63) is 12.7 Å². The van der Waals surface area contributed by atoms with Crippen LogP contribution in [0.1, 0.15) is 12.8 Å². The molecule has 0 heterocycles. The Morgan fingerprint density at radius 3 is 2.09 bits per heavy atom. The lowest BCUT2D eigenvalue weighted by Crippen LogP contribution is -2.17. The molecule has 0 saturated heterocycles. The van der Waals surface area contributed by atoms with Crippen molar-refractivity contribution < 1.29 is 17.6 Å². The van der Waals surface area contributed by atoms with Crippen LogP contribution in [0.4, 0.5) is 17.6 Å². The van der Waals surface area contributed by atoms with E-state index in [0.717, 1.165) is 0 Å². The second kappa shape index (κ2) is 5.16. The van der Waals surface area contributed by atoms with E-state index < -0.39 is 25.2 Å². The van der Waals surface area contributed by atoms with Crippen LogP contribution in [0.15, 0.2) is 12.7 Å². The van der Waals surface area contributed by atoms with E-state index in [1.54, 1.807) is 0 Å². The second-order valence-electron chi connectivity index (χ2n) is 2.21. The van der Waals surface area contributed by atoms with E-state index >= 15 is 0 Å². The summed E-state index contributed by atoms with van der Waals surface area (Å²) in [6, 6.07) is 0. The molecule has 0 spiro atoms. The van der Waals surface area contributed by atoms with Crippen LogP contribution in [-0.2, 0) is 0 Å². The van der Waals surface area contributed by atoms with Crippen LogP contribution in [0, 0.1) is 0 Å². The summed E-state index contributed by atoms with van der Waals surface area (Å²) in [5, 5.41) is 0. The lowest BCUT2D eigenvalue weighted by molar-refractivity contribution is 0.0319. The molecule has 0 bridgehead atoms. The minimum Gasteiger partial charge on any atom is -0.247 e. The number of hydrogen-bond acceptors (Lipinski definition) is 0. The minimum absolute atomic E-state index is 0.0763. The molecular formula is C7H10F4. The molecule has 0 aliphatic carbocycles. The Labute approximate surface area is 62.9 Å². The molecule has 0 rings (SSSR count). The van der Waals surface area contributed by atoms with Gasteiger partial charge in [-0.3, -0.25) is 0 Å². The Balaban J connectivity index is 3.56. The van der Waals surface area contributed by atoms with Crippen LogP contribution in [-0.4, -0.2) is 18.8 Å². The highest BCUT2D eigenvalue weighted by Crippen LogP contribution is 2.15. The topological polar surface area (TPSA) is 0 Å². The number of halogens is 4. The SMILES string of the molecule is C=CCC(F)CC(F)C(F)F. The van der Waals surface area contributed by atoms with E-state index in [9.17, 15) is 17.6 Å². The highest BCUT2D eigenvalue weighted by Gasteiger charge is 2.22. The monoisotopic (exact) mass is 170 g/mol. The molecule has 2 atom stereocenters. The zero-order valence-corrected chi connectivity index (χ0v) is 5.94. The van der Waals surface area contributed by atoms with E-state index in [1.807, 2.05) is 0 Å². The summed E-state index contributed by atoms with van der Waals surface area (Å²) < 4.78 is 47.4. The number of allylic oxidation sites excluding steroid dienone is 1. The van der Waals surface area contributed by atoms with Crippen molar-refractivity contribution in [3.8, 4) is 0 Å². The van der Waals surface area contributed by atoms with Crippen molar-refractivity contribution in [1.29, 1.82) is 0 Å². The third-order valence-corrected chi connectivity index (χ3v) is 1.18. The first kappa shape index (κ1) is 10.5. The Morgan fingerprint density at radius 1 is 1.18 bits per heavy atom. The molecule has 0 radical (unpaired) electrons. The summed E-state index contributed by atoms with van der Waals surface area (Å²) in [4.78, 5) is 0. The van der Waals surface area contributed by atoms with Crippen LogP contribution in [0.5, 0.6) is 0 Å². The largest absolute Gasteiger partial charge is 0.269 e. The first-order chi connectivity index (χ1) is 5.07.